The van der Waals surface area contributed by atoms with E-state index in [1.54, 1.807) is 11.3 Å². The maximum Gasteiger partial charge on any atom is 0.227 e. The van der Waals surface area contributed by atoms with Crippen molar-refractivity contribution in [3.8, 4) is 33.7 Å². The molecule has 10 rings (SSSR count). The smallest absolute Gasteiger partial charge is 0.227 e. The molecule has 3 nitrogen and oxygen atoms in total. The van der Waals surface area contributed by atoms with E-state index in [1.807, 2.05) is 30.3 Å². The first-order valence-electron chi connectivity index (χ1n) is 17.1. The zero-order valence-corrected chi connectivity index (χ0v) is 28.3. The highest BCUT2D eigenvalue weighted by molar-refractivity contribution is 7.25. The zero-order valence-electron chi connectivity index (χ0n) is 27.5. The van der Waals surface area contributed by atoms with Gasteiger partial charge in [0.1, 0.15) is 5.52 Å². The summed E-state index contributed by atoms with van der Waals surface area (Å²) < 4.78 is 8.67. The van der Waals surface area contributed by atoms with E-state index >= 15 is 0 Å². The molecule has 0 saturated carbocycles. The van der Waals surface area contributed by atoms with Crippen molar-refractivity contribution in [3.63, 3.8) is 0 Å². The molecule has 2 aromatic heterocycles. The Hall–Kier alpha value is -6.49. The van der Waals surface area contributed by atoms with E-state index in [2.05, 4.69) is 157 Å². The zero-order chi connectivity index (χ0) is 33.7. The quantitative estimate of drug-likeness (QED) is 0.176. The van der Waals surface area contributed by atoms with Crippen molar-refractivity contribution in [2.45, 2.75) is 0 Å². The van der Waals surface area contributed by atoms with Gasteiger partial charge in [0, 0.05) is 42.8 Å². The minimum atomic E-state index is 0.648. The Morgan fingerprint density at radius 3 is 1.86 bits per heavy atom. The van der Waals surface area contributed by atoms with Crippen LogP contribution in [0.4, 0.5) is 17.1 Å². The molecule has 10 aromatic rings. The van der Waals surface area contributed by atoms with E-state index in [0.717, 1.165) is 33.7 Å². The summed E-state index contributed by atoms with van der Waals surface area (Å²) in [6, 6.07) is 64.7. The standard InChI is InChI=1S/C47H30N2OS/c1-3-10-31(11-4-1)36-16-9-17-39(27-36)49(38-22-20-33(21-23-38)37-19-18-32-12-7-8-15-35(32)26-37)40-24-25-41-42-29-44-43(30-46(42)51-45(41)28-40)48-47(50-44)34-13-5-2-6-14-34/h1-30H. The molecule has 0 atom stereocenters. The van der Waals surface area contributed by atoms with E-state index in [-0.39, 0.29) is 0 Å². The first kappa shape index (κ1) is 29.4. The fourth-order valence-electron chi connectivity index (χ4n) is 7.10. The van der Waals surface area contributed by atoms with Crippen LogP contribution in [0.5, 0.6) is 0 Å². The number of hydrogen-bond donors (Lipinski definition) is 0. The summed E-state index contributed by atoms with van der Waals surface area (Å²) >= 11 is 1.80. The topological polar surface area (TPSA) is 29.3 Å². The summed E-state index contributed by atoms with van der Waals surface area (Å²) in [5.74, 6) is 0.648. The minimum absolute atomic E-state index is 0.648. The highest BCUT2D eigenvalue weighted by Gasteiger charge is 2.17. The largest absolute Gasteiger partial charge is 0.436 e. The average Bonchev–Trinajstić information content (AvgIpc) is 3.78. The number of anilines is 3. The summed E-state index contributed by atoms with van der Waals surface area (Å²) in [5.41, 5.74) is 10.7. The number of hydrogen-bond acceptors (Lipinski definition) is 4. The van der Waals surface area contributed by atoms with Crippen LogP contribution in [-0.2, 0) is 0 Å². The SMILES string of the molecule is c1ccc(-c2cccc(N(c3ccc(-c4ccc5ccccc5c4)cc3)c3ccc4c(c3)sc3cc5nc(-c6ccccc6)oc5cc34)c2)cc1. The minimum Gasteiger partial charge on any atom is -0.436 e. The Morgan fingerprint density at radius 2 is 1.04 bits per heavy atom. The summed E-state index contributed by atoms with van der Waals surface area (Å²) in [7, 11) is 0. The molecule has 51 heavy (non-hydrogen) atoms. The van der Waals surface area contributed by atoms with Crippen LogP contribution >= 0.6 is 11.3 Å². The fraction of sp³-hybridized carbons (Fsp3) is 0. The molecule has 4 heteroatoms. The van der Waals surface area contributed by atoms with Crippen LogP contribution in [0.2, 0.25) is 0 Å². The molecule has 240 valence electrons. The summed E-state index contributed by atoms with van der Waals surface area (Å²) in [4.78, 5) is 7.20. The van der Waals surface area contributed by atoms with Crippen molar-refractivity contribution < 1.29 is 4.42 Å². The second kappa shape index (κ2) is 12.1. The van der Waals surface area contributed by atoms with Gasteiger partial charge in [0.25, 0.3) is 0 Å². The molecule has 0 N–H and O–H groups in total. The van der Waals surface area contributed by atoms with Crippen molar-refractivity contribution in [1.29, 1.82) is 0 Å². The molecule has 8 aromatic carbocycles. The summed E-state index contributed by atoms with van der Waals surface area (Å²) in [6.07, 6.45) is 0. The lowest BCUT2D eigenvalue weighted by Crippen LogP contribution is -2.09. The van der Waals surface area contributed by atoms with Gasteiger partial charge < -0.3 is 9.32 Å². The Morgan fingerprint density at radius 1 is 0.412 bits per heavy atom. The number of oxazole rings is 1. The number of thiophene rings is 1. The van der Waals surface area contributed by atoms with Gasteiger partial charge in [-0.2, -0.15) is 0 Å². The Labute approximate surface area is 299 Å². The van der Waals surface area contributed by atoms with Crippen LogP contribution in [0.1, 0.15) is 0 Å². The van der Waals surface area contributed by atoms with Crippen LogP contribution in [0, 0.1) is 0 Å². The van der Waals surface area contributed by atoms with E-state index < -0.39 is 0 Å². The van der Waals surface area contributed by atoms with Crippen molar-refractivity contribution in [3.05, 3.63) is 182 Å². The Balaban J connectivity index is 1.08. The van der Waals surface area contributed by atoms with Gasteiger partial charge >= 0.3 is 0 Å². The van der Waals surface area contributed by atoms with Gasteiger partial charge in [0.05, 0.1) is 0 Å². The highest BCUT2D eigenvalue weighted by atomic mass is 32.1. The van der Waals surface area contributed by atoms with Gasteiger partial charge in [0.2, 0.25) is 5.89 Å². The van der Waals surface area contributed by atoms with Gasteiger partial charge in [-0.3, -0.25) is 0 Å². The molecule has 0 spiro atoms. The van der Waals surface area contributed by atoms with Crippen LogP contribution in [0.15, 0.2) is 186 Å². The molecule has 0 saturated heterocycles. The maximum atomic E-state index is 6.25. The van der Waals surface area contributed by atoms with E-state index in [4.69, 9.17) is 9.40 Å². The van der Waals surface area contributed by atoms with Crippen molar-refractivity contribution in [2.75, 3.05) is 4.90 Å². The van der Waals surface area contributed by atoms with Gasteiger partial charge in [-0.1, -0.05) is 115 Å². The number of fused-ring (bicyclic) bond motifs is 5. The average molecular weight is 671 g/mol. The lowest BCUT2D eigenvalue weighted by atomic mass is 10.0. The normalized spacial score (nSPS) is 11.5. The summed E-state index contributed by atoms with van der Waals surface area (Å²) in [5, 5.41) is 4.89. The number of rotatable bonds is 6. The fourth-order valence-corrected chi connectivity index (χ4v) is 8.26. The highest BCUT2D eigenvalue weighted by Crippen LogP contribution is 2.43. The summed E-state index contributed by atoms with van der Waals surface area (Å²) in [6.45, 7) is 0. The molecule has 0 unspecified atom stereocenters. The molecular weight excluding hydrogens is 641 g/mol. The van der Waals surface area contributed by atoms with Gasteiger partial charge in [-0.25, -0.2) is 4.98 Å². The maximum absolute atomic E-state index is 6.25. The van der Waals surface area contributed by atoms with Gasteiger partial charge in [-0.15, -0.1) is 11.3 Å². The lowest BCUT2D eigenvalue weighted by molar-refractivity contribution is 0.620. The van der Waals surface area contributed by atoms with E-state index in [9.17, 15) is 0 Å². The Bertz CT molecular complexity index is 2850. The number of benzene rings is 8. The third kappa shape index (κ3) is 5.34. The van der Waals surface area contributed by atoms with Crippen molar-refractivity contribution >= 4 is 70.4 Å². The molecule has 0 radical (unpaired) electrons. The molecular formula is C47H30N2OS. The number of aromatic nitrogens is 1. The molecule has 0 fully saturated rings. The predicted molar refractivity (Wildman–Crippen MR) is 215 cm³/mol. The van der Waals surface area contributed by atoms with E-state index in [0.29, 0.717) is 5.89 Å². The van der Waals surface area contributed by atoms with Crippen LogP contribution < -0.4 is 4.90 Å². The van der Waals surface area contributed by atoms with Crippen LogP contribution in [0.25, 0.3) is 75.8 Å². The Kier molecular flexibility index (Phi) is 7.00. The van der Waals surface area contributed by atoms with Crippen LogP contribution in [-0.4, -0.2) is 4.98 Å². The molecule has 0 amide bonds. The molecule has 0 aliphatic heterocycles. The molecule has 2 heterocycles. The van der Waals surface area contributed by atoms with Gasteiger partial charge in [0.15, 0.2) is 5.58 Å². The molecule has 0 aliphatic carbocycles. The second-order valence-electron chi connectivity index (χ2n) is 12.8. The van der Waals surface area contributed by atoms with Gasteiger partial charge in [-0.05, 0) is 99.8 Å². The first-order chi connectivity index (χ1) is 25.2. The first-order valence-corrected chi connectivity index (χ1v) is 17.9. The second-order valence-corrected chi connectivity index (χ2v) is 13.9. The number of nitrogens with zero attached hydrogens (tertiary/aromatic N) is 2. The molecule has 0 bridgehead atoms. The monoisotopic (exact) mass is 670 g/mol. The van der Waals surface area contributed by atoms with Crippen molar-refractivity contribution in [1.82, 2.24) is 4.98 Å². The predicted octanol–water partition coefficient (Wildman–Crippen LogP) is 13.8. The van der Waals surface area contributed by atoms with Crippen molar-refractivity contribution in [2.24, 2.45) is 0 Å². The lowest BCUT2D eigenvalue weighted by Gasteiger charge is -2.26. The van der Waals surface area contributed by atoms with E-state index in [1.165, 1.54) is 53.2 Å². The third-order valence-corrected chi connectivity index (χ3v) is 10.8. The van der Waals surface area contributed by atoms with Crippen LogP contribution in [0.3, 0.4) is 0 Å². The molecule has 0 aliphatic rings. The third-order valence-electron chi connectivity index (χ3n) is 9.66.